The Hall–Kier alpha value is -1.13. The van der Waals surface area contributed by atoms with E-state index in [-0.39, 0.29) is 19.5 Å². The number of ketones is 1. The van der Waals surface area contributed by atoms with Crippen LogP contribution in [0.3, 0.4) is 0 Å². The van der Waals surface area contributed by atoms with Gasteiger partial charge in [-0.05, 0) is 6.92 Å². The predicted molar refractivity (Wildman–Crippen MR) is 38.7 cm³/mol. The lowest BCUT2D eigenvalue weighted by atomic mass is 9.96. The Morgan fingerprint density at radius 1 is 1.75 bits per heavy atom. The number of carbonyl (C=O) groups is 2. The van der Waals surface area contributed by atoms with Crippen molar-refractivity contribution in [3.05, 3.63) is 0 Å². The Balaban J connectivity index is 2.69. The third-order valence-electron chi connectivity index (χ3n) is 1.95. The second-order valence-electron chi connectivity index (χ2n) is 3.07. The zero-order chi connectivity index (χ0) is 9.35. The van der Waals surface area contributed by atoms with E-state index in [9.17, 15) is 14.0 Å². The van der Waals surface area contributed by atoms with Crippen molar-refractivity contribution in [1.29, 1.82) is 0 Å². The Kier molecular flexibility index (Phi) is 2.04. The lowest BCUT2D eigenvalue weighted by molar-refractivity contribution is -0.133. The molecule has 0 aromatic rings. The van der Waals surface area contributed by atoms with Crippen molar-refractivity contribution < 1.29 is 19.1 Å². The average molecular weight is 175 g/mol. The molecule has 1 amide bonds. The van der Waals surface area contributed by atoms with Crippen LogP contribution in [0.2, 0.25) is 0 Å². The van der Waals surface area contributed by atoms with Crippen LogP contribution < -0.4 is 0 Å². The summed E-state index contributed by atoms with van der Waals surface area (Å²) in [5.74, 6) is -0.514. The molecule has 1 atom stereocenters. The van der Waals surface area contributed by atoms with Gasteiger partial charge >= 0.3 is 6.09 Å². The van der Waals surface area contributed by atoms with E-state index in [0.29, 0.717) is 0 Å². The number of piperidine rings is 1. The highest BCUT2D eigenvalue weighted by atomic mass is 19.1. The molecule has 0 aliphatic carbocycles. The molecular formula is C7H10FNO3. The van der Waals surface area contributed by atoms with Crippen molar-refractivity contribution in [3.63, 3.8) is 0 Å². The number of Topliss-reactive ketones (excluding diaryl/α,β-unsaturated/α-hetero) is 1. The quantitative estimate of drug-likeness (QED) is 0.588. The molecule has 0 aromatic heterocycles. The molecule has 0 radical (unpaired) electrons. The molecule has 1 N–H and O–H groups in total. The molecule has 0 saturated carbocycles. The maximum Gasteiger partial charge on any atom is 0.407 e. The molecule has 5 heteroatoms. The second kappa shape index (κ2) is 2.73. The minimum Gasteiger partial charge on any atom is -0.465 e. The van der Waals surface area contributed by atoms with E-state index in [0.717, 1.165) is 11.8 Å². The average Bonchev–Trinajstić information content (AvgIpc) is 1.94. The fourth-order valence-corrected chi connectivity index (χ4v) is 1.19. The molecule has 1 heterocycles. The summed E-state index contributed by atoms with van der Waals surface area (Å²) in [6.07, 6.45) is -1.20. The summed E-state index contributed by atoms with van der Waals surface area (Å²) >= 11 is 0. The highest BCUT2D eigenvalue weighted by Gasteiger charge is 2.40. The van der Waals surface area contributed by atoms with E-state index in [1.807, 2.05) is 0 Å². The van der Waals surface area contributed by atoms with Gasteiger partial charge < -0.3 is 10.0 Å². The Labute approximate surface area is 69.0 Å². The van der Waals surface area contributed by atoms with Crippen LogP contribution in [0.5, 0.6) is 0 Å². The molecule has 12 heavy (non-hydrogen) atoms. The number of nitrogens with zero attached hydrogens (tertiary/aromatic N) is 1. The Morgan fingerprint density at radius 3 is 2.75 bits per heavy atom. The summed E-state index contributed by atoms with van der Waals surface area (Å²) in [5, 5.41) is 8.50. The number of halogens is 1. The zero-order valence-corrected chi connectivity index (χ0v) is 6.71. The van der Waals surface area contributed by atoms with E-state index in [4.69, 9.17) is 5.11 Å². The molecule has 0 spiro atoms. The van der Waals surface area contributed by atoms with Gasteiger partial charge in [-0.15, -0.1) is 0 Å². The van der Waals surface area contributed by atoms with Crippen LogP contribution in [0, 0.1) is 0 Å². The lowest BCUT2D eigenvalue weighted by Gasteiger charge is -2.31. The van der Waals surface area contributed by atoms with Gasteiger partial charge in [0, 0.05) is 13.0 Å². The van der Waals surface area contributed by atoms with Gasteiger partial charge in [-0.2, -0.15) is 0 Å². The second-order valence-corrected chi connectivity index (χ2v) is 3.07. The molecule has 0 unspecified atom stereocenters. The first-order chi connectivity index (χ1) is 5.43. The van der Waals surface area contributed by atoms with Crippen molar-refractivity contribution in [3.8, 4) is 0 Å². The summed E-state index contributed by atoms with van der Waals surface area (Å²) in [6.45, 7) is 0.874. The maximum absolute atomic E-state index is 13.2. The van der Waals surface area contributed by atoms with Crippen LogP contribution in [0.25, 0.3) is 0 Å². The van der Waals surface area contributed by atoms with Gasteiger partial charge in [0.05, 0.1) is 6.54 Å². The summed E-state index contributed by atoms with van der Waals surface area (Å²) in [4.78, 5) is 22.2. The summed E-state index contributed by atoms with van der Waals surface area (Å²) in [6, 6.07) is 0. The number of alkyl halides is 1. The Morgan fingerprint density at radius 2 is 2.33 bits per heavy atom. The third kappa shape index (κ3) is 1.54. The van der Waals surface area contributed by atoms with E-state index >= 15 is 0 Å². The third-order valence-corrected chi connectivity index (χ3v) is 1.95. The highest BCUT2D eigenvalue weighted by Crippen LogP contribution is 2.20. The molecule has 1 saturated heterocycles. The number of likely N-dealkylation sites (tertiary alicyclic amines) is 1. The monoisotopic (exact) mass is 175 g/mol. The zero-order valence-electron chi connectivity index (χ0n) is 6.71. The topological polar surface area (TPSA) is 57.6 Å². The molecule has 1 fully saturated rings. The molecule has 1 aliphatic rings. The lowest BCUT2D eigenvalue weighted by Crippen LogP contribution is -2.51. The van der Waals surface area contributed by atoms with Gasteiger partial charge in [0.2, 0.25) is 0 Å². The molecule has 4 nitrogen and oxygen atoms in total. The number of carboxylic acid groups (broad SMARTS) is 1. The van der Waals surface area contributed by atoms with Crippen LogP contribution in [0.4, 0.5) is 9.18 Å². The van der Waals surface area contributed by atoms with Gasteiger partial charge in [-0.1, -0.05) is 0 Å². The number of rotatable bonds is 0. The number of hydrogen-bond acceptors (Lipinski definition) is 2. The number of carbonyl (C=O) groups excluding carboxylic acids is 1. The molecule has 1 rings (SSSR count). The largest absolute Gasteiger partial charge is 0.465 e. The van der Waals surface area contributed by atoms with Crippen molar-refractivity contribution in [1.82, 2.24) is 4.90 Å². The first-order valence-electron chi connectivity index (χ1n) is 3.63. The van der Waals surface area contributed by atoms with Crippen molar-refractivity contribution in [2.45, 2.75) is 19.0 Å². The van der Waals surface area contributed by atoms with Gasteiger partial charge in [0.1, 0.15) is 0 Å². The number of hydrogen-bond donors (Lipinski definition) is 1. The van der Waals surface area contributed by atoms with Crippen molar-refractivity contribution >= 4 is 11.9 Å². The molecule has 1 aliphatic heterocycles. The van der Waals surface area contributed by atoms with Crippen LogP contribution in [0.1, 0.15) is 13.3 Å². The molecular weight excluding hydrogens is 165 g/mol. The fraction of sp³-hybridized carbons (Fsp3) is 0.714. The normalized spacial score (nSPS) is 30.5. The molecule has 0 aromatic carbocycles. The van der Waals surface area contributed by atoms with E-state index in [1.54, 1.807) is 0 Å². The van der Waals surface area contributed by atoms with Crippen molar-refractivity contribution in [2.75, 3.05) is 13.1 Å². The molecule has 68 valence electrons. The van der Waals surface area contributed by atoms with E-state index in [2.05, 4.69) is 0 Å². The number of amides is 1. The fourth-order valence-electron chi connectivity index (χ4n) is 1.19. The van der Waals surface area contributed by atoms with E-state index < -0.39 is 17.5 Å². The summed E-state index contributed by atoms with van der Waals surface area (Å²) < 4.78 is 13.2. The minimum atomic E-state index is -2.00. The minimum absolute atomic E-state index is 0.0285. The first-order valence-corrected chi connectivity index (χ1v) is 3.63. The summed E-state index contributed by atoms with van der Waals surface area (Å²) in [7, 11) is 0. The molecule has 0 bridgehead atoms. The smallest absolute Gasteiger partial charge is 0.407 e. The summed E-state index contributed by atoms with van der Waals surface area (Å²) in [5.41, 5.74) is -2.00. The van der Waals surface area contributed by atoms with Crippen LogP contribution in [0.15, 0.2) is 0 Å². The van der Waals surface area contributed by atoms with Gasteiger partial charge in [-0.25, -0.2) is 9.18 Å². The van der Waals surface area contributed by atoms with Crippen LogP contribution in [-0.4, -0.2) is 40.6 Å². The van der Waals surface area contributed by atoms with Crippen LogP contribution in [-0.2, 0) is 4.79 Å². The van der Waals surface area contributed by atoms with E-state index in [1.165, 1.54) is 0 Å². The first kappa shape index (κ1) is 8.96. The van der Waals surface area contributed by atoms with Gasteiger partial charge in [-0.3, -0.25) is 4.79 Å². The van der Waals surface area contributed by atoms with Crippen molar-refractivity contribution in [2.24, 2.45) is 0 Å². The SMILES string of the molecule is C[C@]1(F)CN(C(=O)O)CCC1=O. The maximum atomic E-state index is 13.2. The van der Waals surface area contributed by atoms with Gasteiger partial charge in [0.25, 0.3) is 0 Å². The highest BCUT2D eigenvalue weighted by molar-refractivity contribution is 5.89. The standard InChI is InChI=1S/C7H10FNO3/c1-7(8)4-9(6(11)12)3-2-5(7)10/h2-4H2,1H3,(H,11,12)/t7-/m0/s1. The van der Waals surface area contributed by atoms with Crippen LogP contribution >= 0.6 is 0 Å². The predicted octanol–water partition coefficient (Wildman–Crippen LogP) is 0.667. The van der Waals surface area contributed by atoms with Gasteiger partial charge in [0.15, 0.2) is 11.5 Å². The Bertz CT molecular complexity index is 227.